The van der Waals surface area contributed by atoms with Gasteiger partial charge in [-0.3, -0.25) is 14.7 Å². The van der Waals surface area contributed by atoms with E-state index in [-0.39, 0.29) is 12.4 Å². The SMILES string of the molecule is O=C(O)CN(Cc1cncc(F)c1)CC1CC1. The molecule has 1 heterocycles. The third-order valence-electron chi connectivity index (χ3n) is 2.74. The summed E-state index contributed by atoms with van der Waals surface area (Å²) in [5.74, 6) is -0.630. The van der Waals surface area contributed by atoms with E-state index in [9.17, 15) is 9.18 Å². The van der Waals surface area contributed by atoms with Crippen molar-refractivity contribution in [1.82, 2.24) is 9.88 Å². The third kappa shape index (κ3) is 4.11. The van der Waals surface area contributed by atoms with Crippen LogP contribution in [0, 0.1) is 11.7 Å². The molecular formula is C12H15FN2O2. The largest absolute Gasteiger partial charge is 0.480 e. The Balaban J connectivity index is 1.97. The minimum absolute atomic E-state index is 0.00693. The smallest absolute Gasteiger partial charge is 0.317 e. The van der Waals surface area contributed by atoms with E-state index >= 15 is 0 Å². The summed E-state index contributed by atoms with van der Waals surface area (Å²) in [4.78, 5) is 16.3. The van der Waals surface area contributed by atoms with Crippen molar-refractivity contribution in [2.45, 2.75) is 19.4 Å². The minimum Gasteiger partial charge on any atom is -0.480 e. The number of pyridine rings is 1. The minimum atomic E-state index is -0.852. The van der Waals surface area contributed by atoms with Crippen molar-refractivity contribution in [1.29, 1.82) is 0 Å². The van der Waals surface area contributed by atoms with Gasteiger partial charge in [-0.25, -0.2) is 4.39 Å². The fourth-order valence-electron chi connectivity index (χ4n) is 1.84. The Morgan fingerprint density at radius 3 is 2.88 bits per heavy atom. The van der Waals surface area contributed by atoms with Crippen molar-refractivity contribution in [3.63, 3.8) is 0 Å². The molecule has 0 atom stereocenters. The van der Waals surface area contributed by atoms with Crippen LogP contribution in [0.1, 0.15) is 18.4 Å². The van der Waals surface area contributed by atoms with E-state index in [4.69, 9.17) is 5.11 Å². The molecule has 0 radical (unpaired) electrons. The number of carbonyl (C=O) groups is 1. The summed E-state index contributed by atoms with van der Waals surface area (Å²) in [6, 6.07) is 1.40. The molecule has 92 valence electrons. The molecule has 0 unspecified atom stereocenters. The molecular weight excluding hydrogens is 223 g/mol. The Labute approximate surface area is 99.1 Å². The fraction of sp³-hybridized carbons (Fsp3) is 0.500. The lowest BCUT2D eigenvalue weighted by Gasteiger charge is -2.19. The third-order valence-corrected chi connectivity index (χ3v) is 2.74. The average Bonchev–Trinajstić information content (AvgIpc) is 3.00. The number of hydrogen-bond donors (Lipinski definition) is 1. The highest BCUT2D eigenvalue weighted by Gasteiger charge is 2.25. The molecule has 1 aliphatic rings. The Bertz CT molecular complexity index is 407. The van der Waals surface area contributed by atoms with E-state index in [1.54, 1.807) is 6.20 Å². The van der Waals surface area contributed by atoms with Crippen LogP contribution in [0.2, 0.25) is 0 Å². The molecule has 1 fully saturated rings. The number of hydrogen-bond acceptors (Lipinski definition) is 3. The van der Waals surface area contributed by atoms with Gasteiger partial charge >= 0.3 is 5.97 Å². The van der Waals surface area contributed by atoms with Crippen molar-refractivity contribution < 1.29 is 14.3 Å². The highest BCUT2D eigenvalue weighted by Crippen LogP contribution is 2.30. The van der Waals surface area contributed by atoms with Crippen LogP contribution in [-0.2, 0) is 11.3 Å². The van der Waals surface area contributed by atoms with Crippen molar-refractivity contribution in [3.05, 3.63) is 29.8 Å². The van der Waals surface area contributed by atoms with E-state index in [0.717, 1.165) is 25.6 Å². The molecule has 17 heavy (non-hydrogen) atoms. The quantitative estimate of drug-likeness (QED) is 0.816. The van der Waals surface area contributed by atoms with Gasteiger partial charge in [0.25, 0.3) is 0 Å². The summed E-state index contributed by atoms with van der Waals surface area (Å²) in [6.07, 6.45) is 5.05. The molecule has 2 rings (SSSR count). The van der Waals surface area contributed by atoms with Gasteiger partial charge in [-0.1, -0.05) is 0 Å². The van der Waals surface area contributed by atoms with Gasteiger partial charge in [0.05, 0.1) is 12.7 Å². The second-order valence-electron chi connectivity index (χ2n) is 4.52. The Kier molecular flexibility index (Phi) is 3.68. The predicted molar refractivity (Wildman–Crippen MR) is 59.8 cm³/mol. The summed E-state index contributed by atoms with van der Waals surface area (Å²) in [5, 5.41) is 8.82. The monoisotopic (exact) mass is 238 g/mol. The van der Waals surface area contributed by atoms with Gasteiger partial charge in [0.15, 0.2) is 0 Å². The molecule has 1 saturated carbocycles. The average molecular weight is 238 g/mol. The number of aliphatic carboxylic acids is 1. The molecule has 0 aromatic carbocycles. The molecule has 5 heteroatoms. The van der Waals surface area contributed by atoms with E-state index in [1.165, 1.54) is 6.07 Å². The first-order chi connectivity index (χ1) is 8.13. The van der Waals surface area contributed by atoms with Crippen LogP contribution in [0.4, 0.5) is 4.39 Å². The van der Waals surface area contributed by atoms with Crippen molar-refractivity contribution >= 4 is 5.97 Å². The van der Waals surface area contributed by atoms with Gasteiger partial charge < -0.3 is 5.11 Å². The van der Waals surface area contributed by atoms with Gasteiger partial charge in [-0.2, -0.15) is 0 Å². The van der Waals surface area contributed by atoms with Crippen LogP contribution in [0.5, 0.6) is 0 Å². The van der Waals surface area contributed by atoms with Crippen LogP contribution in [0.3, 0.4) is 0 Å². The van der Waals surface area contributed by atoms with Crippen LogP contribution < -0.4 is 0 Å². The number of rotatable bonds is 6. The molecule has 0 aliphatic heterocycles. The van der Waals surface area contributed by atoms with Crippen LogP contribution >= 0.6 is 0 Å². The lowest BCUT2D eigenvalue weighted by Crippen LogP contribution is -2.31. The number of carboxylic acid groups (broad SMARTS) is 1. The fourth-order valence-corrected chi connectivity index (χ4v) is 1.84. The van der Waals surface area contributed by atoms with E-state index in [1.807, 2.05) is 4.90 Å². The zero-order valence-corrected chi connectivity index (χ0v) is 9.47. The normalized spacial score (nSPS) is 15.2. The molecule has 1 aromatic rings. The first-order valence-electron chi connectivity index (χ1n) is 5.67. The first-order valence-corrected chi connectivity index (χ1v) is 5.67. The van der Waals surface area contributed by atoms with Crippen LogP contribution in [0.15, 0.2) is 18.5 Å². The highest BCUT2D eigenvalue weighted by molar-refractivity contribution is 5.69. The number of halogens is 1. The summed E-state index contributed by atoms with van der Waals surface area (Å²) >= 11 is 0. The molecule has 0 amide bonds. The zero-order chi connectivity index (χ0) is 12.3. The molecule has 1 N–H and O–H groups in total. The van der Waals surface area contributed by atoms with Crippen LogP contribution in [0.25, 0.3) is 0 Å². The summed E-state index contributed by atoms with van der Waals surface area (Å²) in [6.45, 7) is 1.20. The van der Waals surface area contributed by atoms with E-state index in [0.29, 0.717) is 18.0 Å². The number of nitrogens with zero attached hydrogens (tertiary/aromatic N) is 2. The molecule has 0 saturated heterocycles. The zero-order valence-electron chi connectivity index (χ0n) is 9.47. The van der Waals surface area contributed by atoms with Crippen molar-refractivity contribution in [2.24, 2.45) is 5.92 Å². The summed E-state index contributed by atoms with van der Waals surface area (Å²) in [7, 11) is 0. The molecule has 0 bridgehead atoms. The maximum absolute atomic E-state index is 13.0. The van der Waals surface area contributed by atoms with Gasteiger partial charge in [0.1, 0.15) is 5.82 Å². The van der Waals surface area contributed by atoms with Gasteiger partial charge in [0.2, 0.25) is 0 Å². The topological polar surface area (TPSA) is 53.4 Å². The first kappa shape index (κ1) is 12.0. The summed E-state index contributed by atoms with van der Waals surface area (Å²) < 4.78 is 13.0. The maximum Gasteiger partial charge on any atom is 0.317 e. The predicted octanol–water partition coefficient (Wildman–Crippen LogP) is 1.52. The molecule has 1 aliphatic carbocycles. The second kappa shape index (κ2) is 5.23. The van der Waals surface area contributed by atoms with Gasteiger partial charge in [-0.15, -0.1) is 0 Å². The molecule has 4 nitrogen and oxygen atoms in total. The van der Waals surface area contributed by atoms with E-state index in [2.05, 4.69) is 4.98 Å². The lowest BCUT2D eigenvalue weighted by molar-refractivity contribution is -0.138. The number of aromatic nitrogens is 1. The Morgan fingerprint density at radius 1 is 1.53 bits per heavy atom. The van der Waals surface area contributed by atoms with Gasteiger partial charge in [-0.05, 0) is 30.4 Å². The molecule has 0 spiro atoms. The number of carboxylic acids is 1. The lowest BCUT2D eigenvalue weighted by atomic mass is 10.2. The Morgan fingerprint density at radius 2 is 2.29 bits per heavy atom. The maximum atomic E-state index is 13.0. The van der Waals surface area contributed by atoms with Gasteiger partial charge in [0, 0.05) is 19.3 Å². The van der Waals surface area contributed by atoms with Crippen LogP contribution in [-0.4, -0.2) is 34.0 Å². The second-order valence-corrected chi connectivity index (χ2v) is 4.52. The Hall–Kier alpha value is -1.49. The van der Waals surface area contributed by atoms with E-state index < -0.39 is 5.97 Å². The highest BCUT2D eigenvalue weighted by atomic mass is 19.1. The van der Waals surface area contributed by atoms with Crippen molar-refractivity contribution in [3.8, 4) is 0 Å². The van der Waals surface area contributed by atoms with Crippen molar-refractivity contribution in [2.75, 3.05) is 13.1 Å². The molecule has 1 aromatic heterocycles. The summed E-state index contributed by atoms with van der Waals surface area (Å²) in [5.41, 5.74) is 0.715. The standard InChI is InChI=1S/C12H15FN2O2/c13-11-3-10(4-14-5-11)7-15(8-12(16)17)6-9-1-2-9/h3-5,9H,1-2,6-8H2,(H,16,17).